The van der Waals surface area contributed by atoms with Crippen molar-refractivity contribution < 1.29 is 14.3 Å². The summed E-state index contributed by atoms with van der Waals surface area (Å²) in [5, 5.41) is 11.6. The lowest BCUT2D eigenvalue weighted by molar-refractivity contribution is -0.137. The molecule has 6 heteroatoms. The number of hydrogen-bond donors (Lipinski definition) is 2. The number of hydrogen-bond acceptors (Lipinski definition) is 5. The molecule has 0 fully saturated rings. The van der Waals surface area contributed by atoms with Crippen LogP contribution < -0.4 is 5.32 Å². The van der Waals surface area contributed by atoms with Crippen LogP contribution in [0.5, 0.6) is 0 Å². The highest BCUT2D eigenvalue weighted by atomic mass is 16.4. The van der Waals surface area contributed by atoms with E-state index >= 15 is 0 Å². The smallest absolute Gasteiger partial charge is 0.325 e. The van der Waals surface area contributed by atoms with Crippen molar-refractivity contribution in [2.45, 2.75) is 13.0 Å². The van der Waals surface area contributed by atoms with E-state index in [1.54, 1.807) is 13.0 Å². The molecule has 1 atom stereocenters. The summed E-state index contributed by atoms with van der Waals surface area (Å²) >= 11 is 0. The fourth-order valence-electron chi connectivity index (χ4n) is 1.19. The van der Waals surface area contributed by atoms with Crippen molar-refractivity contribution >= 4 is 22.9 Å². The number of pyridine rings is 1. The summed E-state index contributed by atoms with van der Waals surface area (Å²) in [5.41, 5.74) is 1.52. The molecule has 78 valence electrons. The Morgan fingerprint density at radius 3 is 3.13 bits per heavy atom. The summed E-state index contributed by atoms with van der Waals surface area (Å²) in [7, 11) is 0. The van der Waals surface area contributed by atoms with Crippen LogP contribution in [0, 0.1) is 0 Å². The lowest BCUT2D eigenvalue weighted by Gasteiger charge is -2.09. The van der Waals surface area contributed by atoms with E-state index in [-0.39, 0.29) is 0 Å². The zero-order valence-electron chi connectivity index (χ0n) is 7.97. The second-order valence-electron chi connectivity index (χ2n) is 3.07. The largest absolute Gasteiger partial charge is 0.480 e. The van der Waals surface area contributed by atoms with E-state index in [1.165, 1.54) is 12.6 Å². The number of fused-ring (bicyclic) bond motifs is 1. The van der Waals surface area contributed by atoms with E-state index in [0.29, 0.717) is 16.9 Å². The Morgan fingerprint density at radius 1 is 1.60 bits per heavy atom. The van der Waals surface area contributed by atoms with Crippen LogP contribution in [0.15, 0.2) is 23.1 Å². The third kappa shape index (κ3) is 1.74. The molecule has 0 radical (unpaired) electrons. The van der Waals surface area contributed by atoms with Crippen molar-refractivity contribution in [3.8, 4) is 0 Å². The molecule has 2 aromatic rings. The average molecular weight is 207 g/mol. The first-order chi connectivity index (χ1) is 7.18. The van der Waals surface area contributed by atoms with Crippen LogP contribution in [-0.4, -0.2) is 27.1 Å². The maximum absolute atomic E-state index is 10.7. The van der Waals surface area contributed by atoms with Gasteiger partial charge in [-0.15, -0.1) is 0 Å². The van der Waals surface area contributed by atoms with E-state index < -0.39 is 12.0 Å². The van der Waals surface area contributed by atoms with E-state index in [9.17, 15) is 4.79 Å². The summed E-state index contributed by atoms with van der Waals surface area (Å²) in [6.07, 6.45) is 2.80. The molecule has 0 aliphatic rings. The maximum Gasteiger partial charge on any atom is 0.325 e. The Bertz CT molecular complexity index is 494. The Kier molecular flexibility index (Phi) is 2.24. The van der Waals surface area contributed by atoms with Crippen molar-refractivity contribution in [3.05, 3.63) is 18.7 Å². The van der Waals surface area contributed by atoms with Crippen molar-refractivity contribution in [2.24, 2.45) is 0 Å². The maximum atomic E-state index is 10.7. The van der Waals surface area contributed by atoms with Crippen LogP contribution in [0.25, 0.3) is 11.2 Å². The SMILES string of the molecule is CC(Nc1ccnc2ocnc12)C(=O)O. The van der Waals surface area contributed by atoms with Gasteiger partial charge in [-0.1, -0.05) is 0 Å². The van der Waals surface area contributed by atoms with E-state index in [1.807, 2.05) is 0 Å². The molecule has 0 aromatic carbocycles. The highest BCUT2D eigenvalue weighted by Crippen LogP contribution is 2.19. The standard InChI is InChI=1S/C9H9N3O3/c1-5(9(13)14)12-6-2-3-10-8-7(6)11-4-15-8/h2-5H,1H3,(H,10,12)(H,13,14). The molecule has 0 saturated carbocycles. The molecule has 2 N–H and O–H groups in total. The second-order valence-corrected chi connectivity index (χ2v) is 3.07. The third-order valence-corrected chi connectivity index (χ3v) is 1.98. The molecule has 0 bridgehead atoms. The Labute approximate surface area is 84.9 Å². The number of anilines is 1. The molecule has 0 amide bonds. The summed E-state index contributed by atoms with van der Waals surface area (Å²) in [6.45, 7) is 1.55. The zero-order chi connectivity index (χ0) is 10.8. The minimum atomic E-state index is -0.927. The normalized spacial score (nSPS) is 12.6. The van der Waals surface area contributed by atoms with Crippen LogP contribution in [0.3, 0.4) is 0 Å². The predicted octanol–water partition coefficient (Wildman–Crippen LogP) is 1.11. The van der Waals surface area contributed by atoms with Crippen LogP contribution >= 0.6 is 0 Å². The van der Waals surface area contributed by atoms with E-state index in [0.717, 1.165) is 0 Å². The molecule has 1 unspecified atom stereocenters. The number of nitrogens with zero attached hydrogens (tertiary/aromatic N) is 2. The average Bonchev–Trinajstić information content (AvgIpc) is 2.66. The summed E-state index contributed by atoms with van der Waals surface area (Å²) in [5.74, 6) is -0.927. The molecule has 15 heavy (non-hydrogen) atoms. The van der Waals surface area contributed by atoms with Crippen molar-refractivity contribution in [1.82, 2.24) is 9.97 Å². The first kappa shape index (κ1) is 9.45. The van der Waals surface area contributed by atoms with Gasteiger partial charge in [-0.2, -0.15) is 0 Å². The van der Waals surface area contributed by atoms with Gasteiger partial charge >= 0.3 is 5.97 Å². The van der Waals surface area contributed by atoms with E-state index in [4.69, 9.17) is 9.52 Å². The Hall–Kier alpha value is -2.11. The lowest BCUT2D eigenvalue weighted by atomic mass is 10.3. The number of nitrogens with one attached hydrogen (secondary N) is 1. The second kappa shape index (κ2) is 3.56. The third-order valence-electron chi connectivity index (χ3n) is 1.98. The van der Waals surface area contributed by atoms with E-state index in [2.05, 4.69) is 15.3 Å². The topological polar surface area (TPSA) is 88.3 Å². The summed E-state index contributed by atoms with van der Waals surface area (Å²) in [6, 6.07) is 0.969. The number of carboxylic acid groups (broad SMARTS) is 1. The minimum absolute atomic E-state index is 0.387. The van der Waals surface area contributed by atoms with Gasteiger partial charge in [0.05, 0.1) is 5.69 Å². The van der Waals surface area contributed by atoms with Gasteiger partial charge in [-0.25, -0.2) is 9.97 Å². The van der Waals surface area contributed by atoms with Gasteiger partial charge in [0.2, 0.25) is 5.71 Å². The monoisotopic (exact) mass is 207 g/mol. The number of rotatable bonds is 3. The number of carboxylic acids is 1. The molecular weight excluding hydrogens is 198 g/mol. The lowest BCUT2D eigenvalue weighted by Crippen LogP contribution is -2.25. The number of carbonyl (C=O) groups is 1. The van der Waals surface area contributed by atoms with Crippen LogP contribution in [0.1, 0.15) is 6.92 Å². The van der Waals surface area contributed by atoms with Gasteiger partial charge in [-0.3, -0.25) is 4.79 Å². The van der Waals surface area contributed by atoms with Crippen molar-refractivity contribution in [2.75, 3.05) is 5.32 Å². The van der Waals surface area contributed by atoms with Crippen molar-refractivity contribution in [3.63, 3.8) is 0 Å². The van der Waals surface area contributed by atoms with Crippen LogP contribution in [0.4, 0.5) is 5.69 Å². The predicted molar refractivity (Wildman–Crippen MR) is 52.5 cm³/mol. The highest BCUT2D eigenvalue weighted by Gasteiger charge is 2.13. The van der Waals surface area contributed by atoms with Gasteiger partial charge in [0.25, 0.3) is 0 Å². The number of aliphatic carboxylic acids is 1. The molecule has 2 rings (SSSR count). The molecule has 2 aromatic heterocycles. The van der Waals surface area contributed by atoms with Crippen LogP contribution in [-0.2, 0) is 4.79 Å². The number of aromatic nitrogens is 2. The molecular formula is C9H9N3O3. The Morgan fingerprint density at radius 2 is 2.40 bits per heavy atom. The fourth-order valence-corrected chi connectivity index (χ4v) is 1.19. The molecule has 2 heterocycles. The first-order valence-electron chi connectivity index (χ1n) is 4.36. The molecule has 0 spiro atoms. The fraction of sp³-hybridized carbons (Fsp3) is 0.222. The van der Waals surface area contributed by atoms with Crippen molar-refractivity contribution in [1.29, 1.82) is 0 Å². The van der Waals surface area contributed by atoms with Gasteiger partial charge < -0.3 is 14.8 Å². The molecule has 0 aliphatic heterocycles. The molecule has 0 aliphatic carbocycles. The number of oxazole rings is 1. The quantitative estimate of drug-likeness (QED) is 0.783. The molecule has 6 nitrogen and oxygen atoms in total. The van der Waals surface area contributed by atoms with Gasteiger partial charge in [0.15, 0.2) is 11.9 Å². The zero-order valence-corrected chi connectivity index (χ0v) is 7.97. The Balaban J connectivity index is 2.35. The summed E-state index contributed by atoms with van der Waals surface area (Å²) < 4.78 is 4.99. The minimum Gasteiger partial charge on any atom is -0.480 e. The van der Waals surface area contributed by atoms with Gasteiger partial charge in [0.1, 0.15) is 6.04 Å². The highest BCUT2D eigenvalue weighted by molar-refractivity contribution is 5.86. The van der Waals surface area contributed by atoms with Crippen LogP contribution in [0.2, 0.25) is 0 Å². The summed E-state index contributed by atoms with van der Waals surface area (Å²) in [4.78, 5) is 18.5. The first-order valence-corrected chi connectivity index (χ1v) is 4.36. The molecule has 0 saturated heterocycles. The van der Waals surface area contributed by atoms with Gasteiger partial charge in [-0.05, 0) is 13.0 Å². The van der Waals surface area contributed by atoms with Gasteiger partial charge in [0, 0.05) is 6.20 Å².